The lowest BCUT2D eigenvalue weighted by Gasteiger charge is -2.25. The van der Waals surface area contributed by atoms with Crippen LogP contribution in [0.4, 0.5) is 13.2 Å². The summed E-state index contributed by atoms with van der Waals surface area (Å²) < 4.78 is 39.8. The smallest absolute Gasteiger partial charge is 0.406 e. The Labute approximate surface area is 104 Å². The second-order valence-corrected chi connectivity index (χ2v) is 4.67. The molecule has 18 heavy (non-hydrogen) atoms. The molecule has 5 heteroatoms. The molecule has 1 saturated carbocycles. The Hall–Kier alpha value is -1.23. The van der Waals surface area contributed by atoms with Crippen molar-refractivity contribution in [3.63, 3.8) is 0 Å². The number of alkyl halides is 3. The van der Waals surface area contributed by atoms with Crippen molar-refractivity contribution in [1.29, 1.82) is 0 Å². The van der Waals surface area contributed by atoms with Crippen LogP contribution in [-0.2, 0) is 0 Å². The highest BCUT2D eigenvalue weighted by molar-refractivity contribution is 5.29. The first-order chi connectivity index (χ1) is 8.44. The van der Waals surface area contributed by atoms with E-state index in [-0.39, 0.29) is 11.8 Å². The number of hydrogen-bond donors (Lipinski definition) is 0. The van der Waals surface area contributed by atoms with E-state index in [1.165, 1.54) is 12.1 Å². The van der Waals surface area contributed by atoms with E-state index in [9.17, 15) is 13.2 Å². The van der Waals surface area contributed by atoms with Crippen molar-refractivity contribution < 1.29 is 17.9 Å². The highest BCUT2D eigenvalue weighted by atomic mass is 19.4. The van der Waals surface area contributed by atoms with Crippen LogP contribution in [0.25, 0.3) is 0 Å². The van der Waals surface area contributed by atoms with Gasteiger partial charge in [0.1, 0.15) is 5.75 Å². The van der Waals surface area contributed by atoms with Gasteiger partial charge in [-0.25, -0.2) is 0 Å². The van der Waals surface area contributed by atoms with Gasteiger partial charge in [0.15, 0.2) is 0 Å². The maximum Gasteiger partial charge on any atom is 0.573 e. The Kier molecular flexibility index (Phi) is 3.80. The summed E-state index contributed by atoms with van der Waals surface area (Å²) in [4.78, 5) is 0. The standard InChI is InChI=1S/C13H15F3NO/c14-13(15,16)18-12-7-3-10(4-8-12)9-1-5-11(17)6-2-9/h3-4,7-9,11,17H,1-2,5-6H2. The zero-order valence-electron chi connectivity index (χ0n) is 9.83. The first-order valence-corrected chi connectivity index (χ1v) is 6.01. The van der Waals surface area contributed by atoms with Crippen LogP contribution in [0.1, 0.15) is 37.2 Å². The van der Waals surface area contributed by atoms with E-state index >= 15 is 0 Å². The van der Waals surface area contributed by atoms with Crippen LogP contribution >= 0.6 is 0 Å². The van der Waals surface area contributed by atoms with E-state index in [1.54, 1.807) is 12.1 Å². The van der Waals surface area contributed by atoms with Gasteiger partial charge < -0.3 is 4.74 Å². The van der Waals surface area contributed by atoms with Crippen LogP contribution < -0.4 is 10.5 Å². The molecule has 1 fully saturated rings. The number of rotatable bonds is 2. The minimum absolute atomic E-state index is 0.0223. The number of benzene rings is 1. The lowest BCUT2D eigenvalue weighted by Crippen LogP contribution is -2.19. The molecule has 1 aromatic carbocycles. The Morgan fingerprint density at radius 3 is 2.06 bits per heavy atom. The monoisotopic (exact) mass is 258 g/mol. The van der Waals surface area contributed by atoms with Crippen LogP contribution in [-0.4, -0.2) is 12.4 Å². The van der Waals surface area contributed by atoms with Crippen molar-refractivity contribution in [2.45, 2.75) is 44.0 Å². The normalized spacial score (nSPS) is 24.9. The highest BCUT2D eigenvalue weighted by Crippen LogP contribution is 2.33. The molecule has 0 spiro atoms. The summed E-state index contributed by atoms with van der Waals surface area (Å²) >= 11 is 0. The molecule has 1 aliphatic carbocycles. The van der Waals surface area contributed by atoms with Crippen molar-refractivity contribution in [3.8, 4) is 5.75 Å². The first kappa shape index (κ1) is 13.2. The van der Waals surface area contributed by atoms with Gasteiger partial charge in [-0.1, -0.05) is 12.1 Å². The average molecular weight is 258 g/mol. The van der Waals surface area contributed by atoms with Crippen LogP contribution in [0.5, 0.6) is 5.75 Å². The third-order valence-electron chi connectivity index (χ3n) is 3.31. The number of halogens is 3. The molecule has 0 heterocycles. The minimum atomic E-state index is -4.63. The van der Waals surface area contributed by atoms with Crippen molar-refractivity contribution in [2.24, 2.45) is 0 Å². The Bertz CT molecular complexity index is 380. The molecule has 99 valence electrons. The van der Waals surface area contributed by atoms with Gasteiger partial charge >= 0.3 is 6.36 Å². The van der Waals surface area contributed by atoms with E-state index < -0.39 is 6.36 Å². The zero-order valence-corrected chi connectivity index (χ0v) is 9.83. The number of nitrogens with one attached hydrogen (secondary N) is 1. The molecule has 2 rings (SSSR count). The van der Waals surface area contributed by atoms with Gasteiger partial charge in [-0.05, 0) is 49.3 Å². The fourth-order valence-electron chi connectivity index (χ4n) is 2.37. The molecular weight excluding hydrogens is 243 g/mol. The Morgan fingerprint density at radius 2 is 1.56 bits per heavy atom. The van der Waals surface area contributed by atoms with E-state index in [1.807, 2.05) is 0 Å². The SMILES string of the molecule is [NH]C1CCC(c2ccc(OC(F)(F)F)cc2)CC1. The van der Waals surface area contributed by atoms with Gasteiger partial charge in [-0.2, -0.15) is 0 Å². The van der Waals surface area contributed by atoms with Crippen LogP contribution in [0.2, 0.25) is 0 Å². The lowest BCUT2D eigenvalue weighted by atomic mass is 9.82. The first-order valence-electron chi connectivity index (χ1n) is 6.01. The molecule has 1 N–H and O–H groups in total. The fraction of sp³-hybridized carbons (Fsp3) is 0.538. The van der Waals surface area contributed by atoms with Crippen LogP contribution in [0.3, 0.4) is 0 Å². The van der Waals surface area contributed by atoms with Gasteiger partial charge in [0.25, 0.3) is 0 Å². The number of ether oxygens (including phenoxy) is 1. The van der Waals surface area contributed by atoms with Crippen molar-refractivity contribution in [1.82, 2.24) is 5.73 Å². The van der Waals surface area contributed by atoms with E-state index in [2.05, 4.69) is 4.74 Å². The summed E-state index contributed by atoms with van der Waals surface area (Å²) in [6, 6.07) is 6.12. The third-order valence-corrected chi connectivity index (χ3v) is 3.31. The predicted molar refractivity (Wildman–Crippen MR) is 61.2 cm³/mol. The summed E-state index contributed by atoms with van der Waals surface area (Å²) in [6.07, 6.45) is -1.02. The topological polar surface area (TPSA) is 33.0 Å². The van der Waals surface area contributed by atoms with Crippen molar-refractivity contribution in [2.75, 3.05) is 0 Å². The summed E-state index contributed by atoms with van der Waals surface area (Å²) in [6.45, 7) is 0. The molecule has 0 aromatic heterocycles. The molecule has 0 unspecified atom stereocenters. The molecule has 0 saturated heterocycles. The maximum atomic E-state index is 12.0. The van der Waals surface area contributed by atoms with Crippen molar-refractivity contribution in [3.05, 3.63) is 29.8 Å². The van der Waals surface area contributed by atoms with E-state index in [0.29, 0.717) is 5.92 Å². The van der Waals surface area contributed by atoms with Crippen molar-refractivity contribution >= 4 is 0 Å². The zero-order chi connectivity index (χ0) is 13.2. The molecule has 2 nitrogen and oxygen atoms in total. The summed E-state index contributed by atoms with van der Waals surface area (Å²) in [7, 11) is 0. The summed E-state index contributed by atoms with van der Waals surface area (Å²) in [5, 5.41) is 0. The molecule has 0 amide bonds. The quantitative estimate of drug-likeness (QED) is 0.792. The summed E-state index contributed by atoms with van der Waals surface area (Å²) in [5.74, 6) is 0.187. The van der Waals surface area contributed by atoms with Crippen LogP contribution in [0, 0.1) is 0 Å². The Balaban J connectivity index is 1.99. The van der Waals surface area contributed by atoms with Gasteiger partial charge in [0.2, 0.25) is 0 Å². The molecule has 1 radical (unpaired) electrons. The van der Waals surface area contributed by atoms with Gasteiger partial charge in [-0.15, -0.1) is 13.2 Å². The van der Waals surface area contributed by atoms with E-state index in [4.69, 9.17) is 5.73 Å². The second kappa shape index (κ2) is 5.18. The molecule has 1 aromatic rings. The molecule has 1 aliphatic rings. The molecular formula is C13H15F3NO. The largest absolute Gasteiger partial charge is 0.573 e. The maximum absolute atomic E-state index is 12.0. The predicted octanol–water partition coefficient (Wildman–Crippen LogP) is 3.89. The van der Waals surface area contributed by atoms with Gasteiger partial charge in [0.05, 0.1) is 0 Å². The van der Waals surface area contributed by atoms with Crippen LogP contribution in [0.15, 0.2) is 24.3 Å². The molecule has 0 aliphatic heterocycles. The van der Waals surface area contributed by atoms with Gasteiger partial charge in [-0.3, -0.25) is 5.73 Å². The minimum Gasteiger partial charge on any atom is -0.406 e. The summed E-state index contributed by atoms with van der Waals surface area (Å²) in [5.41, 5.74) is 8.65. The molecule has 0 bridgehead atoms. The second-order valence-electron chi connectivity index (χ2n) is 4.67. The van der Waals surface area contributed by atoms with E-state index in [0.717, 1.165) is 31.2 Å². The number of hydrogen-bond acceptors (Lipinski definition) is 1. The van der Waals surface area contributed by atoms with Gasteiger partial charge in [0, 0.05) is 6.04 Å². The fourth-order valence-corrected chi connectivity index (χ4v) is 2.37. The average Bonchev–Trinajstić information content (AvgIpc) is 2.29. The lowest BCUT2D eigenvalue weighted by molar-refractivity contribution is -0.274. The highest BCUT2D eigenvalue weighted by Gasteiger charge is 2.31. The molecule has 0 atom stereocenters. The third kappa shape index (κ3) is 3.63. The Morgan fingerprint density at radius 1 is 1.00 bits per heavy atom.